The van der Waals surface area contributed by atoms with E-state index in [-0.39, 0.29) is 11.5 Å². The summed E-state index contributed by atoms with van der Waals surface area (Å²) in [5, 5.41) is 10.0. The first-order chi connectivity index (χ1) is 16.0. The van der Waals surface area contributed by atoms with E-state index in [1.807, 2.05) is 41.8 Å². The average Bonchev–Trinajstić information content (AvgIpc) is 3.28. The second kappa shape index (κ2) is 10.1. The van der Waals surface area contributed by atoms with Gasteiger partial charge in [0.05, 0.1) is 25.7 Å². The molecule has 0 spiro atoms. The van der Waals surface area contributed by atoms with Crippen LogP contribution in [-0.4, -0.2) is 45.5 Å². The van der Waals surface area contributed by atoms with Crippen molar-refractivity contribution in [3.8, 4) is 28.6 Å². The van der Waals surface area contributed by atoms with Gasteiger partial charge in [0.2, 0.25) is 0 Å². The Morgan fingerprint density at radius 3 is 2.52 bits per heavy atom. The molecule has 2 aromatic heterocycles. The van der Waals surface area contributed by atoms with E-state index in [4.69, 9.17) is 21.1 Å². The molecule has 0 radical (unpaired) electrons. The summed E-state index contributed by atoms with van der Waals surface area (Å²) in [7, 11) is 3.09. The molecule has 0 bridgehead atoms. The number of pyridine rings is 1. The van der Waals surface area contributed by atoms with Gasteiger partial charge in [0.15, 0.2) is 28.3 Å². The van der Waals surface area contributed by atoms with Gasteiger partial charge in [-0.15, -0.1) is 10.2 Å². The molecule has 0 saturated heterocycles. The van der Waals surface area contributed by atoms with Crippen molar-refractivity contribution >= 4 is 29.1 Å². The van der Waals surface area contributed by atoms with Crippen LogP contribution in [0.5, 0.6) is 11.5 Å². The first kappa shape index (κ1) is 22.8. The molecule has 2 heterocycles. The Labute approximate surface area is 200 Å². The molecule has 0 aliphatic carbocycles. The fraction of sp³-hybridized carbons (Fsp3) is 0.167. The summed E-state index contributed by atoms with van der Waals surface area (Å²) in [4.78, 5) is 17.0. The van der Waals surface area contributed by atoms with Crippen LogP contribution in [-0.2, 0) is 0 Å². The Morgan fingerprint density at radius 1 is 1.03 bits per heavy atom. The Balaban J connectivity index is 1.68. The van der Waals surface area contributed by atoms with Crippen molar-refractivity contribution in [2.45, 2.75) is 12.1 Å². The number of benzene rings is 2. The fourth-order valence-corrected chi connectivity index (χ4v) is 4.34. The lowest BCUT2D eigenvalue weighted by molar-refractivity contribution is 0.102. The summed E-state index contributed by atoms with van der Waals surface area (Å²) >= 11 is 7.70. The molecule has 0 aliphatic rings. The van der Waals surface area contributed by atoms with Gasteiger partial charge in [-0.25, -0.2) is 0 Å². The number of carbonyl (C=O) groups excluding carboxylic acids is 1. The number of hydrogen-bond donors (Lipinski definition) is 0. The van der Waals surface area contributed by atoms with Crippen LogP contribution in [0.1, 0.15) is 15.9 Å². The molecule has 9 heteroatoms. The van der Waals surface area contributed by atoms with Gasteiger partial charge in [0.25, 0.3) is 0 Å². The van der Waals surface area contributed by atoms with Gasteiger partial charge >= 0.3 is 0 Å². The minimum absolute atomic E-state index is 0.0659. The largest absolute Gasteiger partial charge is 0.493 e. The second-order valence-corrected chi connectivity index (χ2v) is 8.39. The average molecular weight is 481 g/mol. The molecule has 0 atom stereocenters. The molecule has 33 heavy (non-hydrogen) atoms. The molecular weight excluding hydrogens is 460 g/mol. The van der Waals surface area contributed by atoms with Gasteiger partial charge in [-0.3, -0.25) is 14.3 Å². The quantitative estimate of drug-likeness (QED) is 0.250. The van der Waals surface area contributed by atoms with E-state index >= 15 is 0 Å². The standard InChI is InChI=1S/C24H21ClN4O3S/c1-15-18(25)5-4-6-19(15)29-23(16-9-11-26-12-10-16)27-28-24(29)33-14-20(30)17-7-8-21(31-2)22(13-17)32-3/h4-13H,14H2,1-3H3. The lowest BCUT2D eigenvalue weighted by atomic mass is 10.1. The minimum Gasteiger partial charge on any atom is -0.493 e. The number of ketones is 1. The normalized spacial score (nSPS) is 10.8. The van der Waals surface area contributed by atoms with Gasteiger partial charge in [0, 0.05) is 28.5 Å². The van der Waals surface area contributed by atoms with Crippen LogP contribution in [0.4, 0.5) is 0 Å². The van der Waals surface area contributed by atoms with Crippen molar-refractivity contribution in [2.75, 3.05) is 20.0 Å². The van der Waals surface area contributed by atoms with E-state index in [1.54, 1.807) is 37.7 Å². The van der Waals surface area contributed by atoms with Crippen molar-refractivity contribution in [2.24, 2.45) is 0 Å². The van der Waals surface area contributed by atoms with Crippen LogP contribution >= 0.6 is 23.4 Å². The van der Waals surface area contributed by atoms with Crippen molar-refractivity contribution in [1.82, 2.24) is 19.7 Å². The molecule has 0 aliphatic heterocycles. The maximum Gasteiger partial charge on any atom is 0.196 e. The van der Waals surface area contributed by atoms with Gasteiger partial charge < -0.3 is 9.47 Å². The monoisotopic (exact) mass is 480 g/mol. The number of nitrogens with zero attached hydrogens (tertiary/aromatic N) is 4. The van der Waals surface area contributed by atoms with Gasteiger partial charge in [-0.05, 0) is 55.0 Å². The molecule has 7 nitrogen and oxygen atoms in total. The van der Waals surface area contributed by atoms with E-state index in [9.17, 15) is 4.79 Å². The van der Waals surface area contributed by atoms with Crippen molar-refractivity contribution < 1.29 is 14.3 Å². The molecule has 0 N–H and O–H groups in total. The van der Waals surface area contributed by atoms with Crippen LogP contribution in [0, 0.1) is 6.92 Å². The lowest BCUT2D eigenvalue weighted by Crippen LogP contribution is -2.06. The van der Waals surface area contributed by atoms with E-state index < -0.39 is 0 Å². The van der Waals surface area contributed by atoms with Crippen molar-refractivity contribution in [1.29, 1.82) is 0 Å². The number of aromatic nitrogens is 4. The maximum atomic E-state index is 12.9. The number of hydrogen-bond acceptors (Lipinski definition) is 7. The molecule has 2 aromatic carbocycles. The number of thioether (sulfide) groups is 1. The number of Topliss-reactive ketones (excluding diaryl/α,β-unsaturated/α-hetero) is 1. The van der Waals surface area contributed by atoms with Gasteiger partial charge in [-0.2, -0.15) is 0 Å². The maximum absolute atomic E-state index is 12.9. The van der Waals surface area contributed by atoms with E-state index in [0.29, 0.717) is 33.1 Å². The third kappa shape index (κ3) is 4.72. The molecule has 0 fully saturated rings. The van der Waals surface area contributed by atoms with Crippen LogP contribution < -0.4 is 9.47 Å². The highest BCUT2D eigenvalue weighted by Gasteiger charge is 2.20. The molecular formula is C24H21ClN4O3S. The summed E-state index contributed by atoms with van der Waals surface area (Å²) in [5.74, 6) is 1.82. The highest BCUT2D eigenvalue weighted by Crippen LogP contribution is 2.32. The van der Waals surface area contributed by atoms with Crippen LogP contribution in [0.3, 0.4) is 0 Å². The van der Waals surface area contributed by atoms with Gasteiger partial charge in [-0.1, -0.05) is 29.4 Å². The smallest absolute Gasteiger partial charge is 0.196 e. The number of ether oxygens (including phenoxy) is 2. The highest BCUT2D eigenvalue weighted by molar-refractivity contribution is 7.99. The number of rotatable bonds is 8. The third-order valence-corrected chi connectivity index (χ3v) is 6.43. The van der Waals surface area contributed by atoms with Crippen LogP contribution in [0.15, 0.2) is 66.1 Å². The number of carbonyl (C=O) groups is 1. The van der Waals surface area contributed by atoms with Crippen molar-refractivity contribution in [3.05, 3.63) is 77.1 Å². The molecule has 168 valence electrons. The predicted octanol–water partition coefficient (Wildman–Crippen LogP) is 5.28. The highest BCUT2D eigenvalue weighted by atomic mass is 35.5. The van der Waals surface area contributed by atoms with Crippen LogP contribution in [0.25, 0.3) is 17.1 Å². The zero-order chi connectivity index (χ0) is 23.4. The zero-order valence-electron chi connectivity index (χ0n) is 18.3. The number of halogens is 1. The molecule has 0 amide bonds. The van der Waals surface area contributed by atoms with E-state index in [1.165, 1.54) is 18.9 Å². The second-order valence-electron chi connectivity index (χ2n) is 7.04. The minimum atomic E-state index is -0.0659. The Kier molecular flexibility index (Phi) is 6.96. The SMILES string of the molecule is COc1ccc(C(=O)CSc2nnc(-c3ccncc3)n2-c2cccc(Cl)c2C)cc1OC. The summed E-state index contributed by atoms with van der Waals surface area (Å²) in [5.41, 5.74) is 3.12. The van der Waals surface area contributed by atoms with E-state index in [0.717, 1.165) is 16.8 Å². The molecule has 4 rings (SSSR count). The fourth-order valence-electron chi connectivity index (χ4n) is 3.33. The molecule has 0 unspecified atom stereocenters. The molecule has 0 saturated carbocycles. The Hall–Kier alpha value is -3.36. The third-order valence-electron chi connectivity index (χ3n) is 5.09. The van der Waals surface area contributed by atoms with Crippen LogP contribution in [0.2, 0.25) is 5.02 Å². The van der Waals surface area contributed by atoms with E-state index in [2.05, 4.69) is 15.2 Å². The Morgan fingerprint density at radius 2 is 1.79 bits per heavy atom. The first-order valence-electron chi connectivity index (χ1n) is 10.0. The summed E-state index contributed by atoms with van der Waals surface area (Å²) in [6.45, 7) is 1.94. The van der Waals surface area contributed by atoms with Crippen molar-refractivity contribution in [3.63, 3.8) is 0 Å². The zero-order valence-corrected chi connectivity index (χ0v) is 19.9. The summed E-state index contributed by atoms with van der Waals surface area (Å²) in [6, 6.07) is 14.5. The molecule has 4 aromatic rings. The lowest BCUT2D eigenvalue weighted by Gasteiger charge is -2.14. The number of methoxy groups -OCH3 is 2. The Bertz CT molecular complexity index is 1290. The topological polar surface area (TPSA) is 79.1 Å². The first-order valence-corrected chi connectivity index (χ1v) is 11.4. The summed E-state index contributed by atoms with van der Waals surface area (Å²) in [6.07, 6.45) is 3.40. The van der Waals surface area contributed by atoms with Gasteiger partial charge in [0.1, 0.15) is 0 Å². The summed E-state index contributed by atoms with van der Waals surface area (Å²) < 4.78 is 12.5. The predicted molar refractivity (Wildman–Crippen MR) is 129 cm³/mol.